The van der Waals surface area contributed by atoms with Crippen LogP contribution in [0.1, 0.15) is 19.4 Å². The quantitative estimate of drug-likeness (QED) is 0.733. The van der Waals surface area contributed by atoms with Crippen molar-refractivity contribution in [2.24, 2.45) is 0 Å². The Morgan fingerprint density at radius 3 is 2.28 bits per heavy atom. The van der Waals surface area contributed by atoms with E-state index in [2.05, 4.69) is 44.2 Å². The van der Waals surface area contributed by atoms with E-state index < -0.39 is 12.3 Å². The molecule has 0 bridgehead atoms. The fourth-order valence-corrected chi connectivity index (χ4v) is 9.56. The average molecular weight is 326 g/mol. The maximum atomic E-state index is 6.95. The number of halogens is 1. The molecule has 1 aliphatic rings. The molecule has 0 saturated heterocycles. The molecule has 3 rings (SSSR count). The van der Waals surface area contributed by atoms with Crippen LogP contribution >= 0.6 is 10.1 Å². The zero-order valence-electron chi connectivity index (χ0n) is 10.4. The van der Waals surface area contributed by atoms with Crippen molar-refractivity contribution in [3.63, 3.8) is 0 Å². The van der Waals surface area contributed by atoms with Crippen LogP contribution in [0.4, 0.5) is 0 Å². The molecule has 2 aromatic rings. The maximum absolute atomic E-state index is 6.95. The van der Waals surface area contributed by atoms with Crippen molar-refractivity contribution in [2.45, 2.75) is 19.4 Å². The van der Waals surface area contributed by atoms with Crippen molar-refractivity contribution in [3.8, 4) is 0 Å². The molecular formula is C15H15ClOSe. The molecule has 0 saturated carbocycles. The first-order valence-electron chi connectivity index (χ1n) is 5.92. The number of hydrogen-bond acceptors (Lipinski definition) is 1. The van der Waals surface area contributed by atoms with E-state index in [-0.39, 0.29) is 5.60 Å². The van der Waals surface area contributed by atoms with E-state index >= 15 is 0 Å². The molecule has 0 spiro atoms. The van der Waals surface area contributed by atoms with E-state index in [1.165, 1.54) is 10.0 Å². The van der Waals surface area contributed by atoms with Gasteiger partial charge in [-0.3, -0.25) is 0 Å². The summed E-state index contributed by atoms with van der Waals surface area (Å²) in [5.41, 5.74) is 0.928. The Kier molecular flexibility index (Phi) is 2.80. The van der Waals surface area contributed by atoms with Gasteiger partial charge in [0.2, 0.25) is 0 Å². The molecule has 1 aliphatic heterocycles. The van der Waals surface area contributed by atoms with E-state index in [1.54, 1.807) is 0 Å². The molecule has 18 heavy (non-hydrogen) atoms. The van der Waals surface area contributed by atoms with Crippen molar-refractivity contribution in [2.75, 3.05) is 0 Å². The predicted octanol–water partition coefficient (Wildman–Crippen LogP) is 2.75. The minimum atomic E-state index is -2.76. The van der Waals surface area contributed by atoms with Crippen LogP contribution in [-0.2, 0) is 9.42 Å². The fourth-order valence-electron chi connectivity index (χ4n) is 2.34. The van der Waals surface area contributed by atoms with Gasteiger partial charge in [0.15, 0.2) is 0 Å². The third-order valence-electron chi connectivity index (χ3n) is 3.19. The summed E-state index contributed by atoms with van der Waals surface area (Å²) in [6.07, 6.45) is 0. The summed E-state index contributed by atoms with van der Waals surface area (Å²) in [7, 11) is 6.95. The normalized spacial score (nSPS) is 28.4. The van der Waals surface area contributed by atoms with E-state index in [0.717, 1.165) is 4.46 Å². The summed E-state index contributed by atoms with van der Waals surface area (Å²) in [5.74, 6) is 0. The zero-order chi connectivity index (χ0) is 12.8. The van der Waals surface area contributed by atoms with E-state index in [4.69, 9.17) is 13.9 Å². The van der Waals surface area contributed by atoms with Gasteiger partial charge >= 0.3 is 115 Å². The third kappa shape index (κ3) is 1.72. The second-order valence-electron chi connectivity index (χ2n) is 4.89. The third-order valence-corrected chi connectivity index (χ3v) is 10.4. The number of fused-ring (bicyclic) bond motifs is 1. The molecule has 0 fully saturated rings. The van der Waals surface area contributed by atoms with Crippen LogP contribution in [0.25, 0.3) is 0 Å². The van der Waals surface area contributed by atoms with Gasteiger partial charge in [0.05, 0.1) is 0 Å². The Bertz CT molecular complexity index is 582. The molecule has 0 radical (unpaired) electrons. The van der Waals surface area contributed by atoms with Gasteiger partial charge in [0.1, 0.15) is 0 Å². The SMILES string of the molecule is CC1(C)O[Se](Cl)(c2ccccc2)c2ccccc21. The molecule has 2 aromatic carbocycles. The van der Waals surface area contributed by atoms with Crippen molar-refractivity contribution in [1.82, 2.24) is 0 Å². The first-order valence-corrected chi connectivity index (χ1v) is 10.6. The van der Waals surface area contributed by atoms with E-state index in [9.17, 15) is 0 Å². The van der Waals surface area contributed by atoms with Crippen LogP contribution in [-0.4, -0.2) is 12.3 Å². The molecule has 1 heterocycles. The second kappa shape index (κ2) is 4.11. The van der Waals surface area contributed by atoms with Gasteiger partial charge in [0.25, 0.3) is 0 Å². The number of hydrogen-bond donors (Lipinski definition) is 0. The standard InChI is InChI=1S/C15H15ClOSe/c1-15(2)13-10-6-7-11-14(13)18(16,17-15)12-8-4-3-5-9-12/h3-11H,1-2H3. The molecule has 0 N–H and O–H groups in total. The number of rotatable bonds is 1. The summed E-state index contributed by atoms with van der Waals surface area (Å²) in [6, 6.07) is 18.5. The van der Waals surface area contributed by atoms with Crippen molar-refractivity contribution >= 4 is 31.3 Å². The average Bonchev–Trinajstić information content (AvgIpc) is 2.60. The summed E-state index contributed by atoms with van der Waals surface area (Å²) in [5, 5.41) is 0. The molecule has 94 valence electrons. The van der Waals surface area contributed by atoms with Gasteiger partial charge < -0.3 is 0 Å². The summed E-state index contributed by atoms with van der Waals surface area (Å²) < 4.78 is 8.65. The van der Waals surface area contributed by atoms with E-state index in [0.29, 0.717) is 0 Å². The Balaban J connectivity index is 2.22. The minimum absolute atomic E-state index is 0.297. The van der Waals surface area contributed by atoms with Gasteiger partial charge in [0, 0.05) is 0 Å². The van der Waals surface area contributed by atoms with Crippen LogP contribution in [0.2, 0.25) is 0 Å². The van der Waals surface area contributed by atoms with E-state index in [1.807, 2.05) is 24.3 Å². The van der Waals surface area contributed by atoms with Crippen LogP contribution in [0, 0.1) is 0 Å². The molecular weight excluding hydrogens is 311 g/mol. The monoisotopic (exact) mass is 326 g/mol. The molecule has 1 unspecified atom stereocenters. The Hall–Kier alpha value is -0.791. The summed E-state index contributed by atoms with van der Waals surface area (Å²) in [4.78, 5) is 0. The Morgan fingerprint density at radius 2 is 1.56 bits per heavy atom. The summed E-state index contributed by atoms with van der Waals surface area (Å²) >= 11 is -2.76. The van der Waals surface area contributed by atoms with Crippen molar-refractivity contribution in [3.05, 3.63) is 60.2 Å². The van der Waals surface area contributed by atoms with Gasteiger partial charge in [-0.2, -0.15) is 0 Å². The molecule has 0 aromatic heterocycles. The van der Waals surface area contributed by atoms with Gasteiger partial charge in [-0.05, 0) is 0 Å². The van der Waals surface area contributed by atoms with Gasteiger partial charge in [-0.15, -0.1) is 0 Å². The fraction of sp³-hybridized carbons (Fsp3) is 0.200. The molecule has 0 amide bonds. The van der Waals surface area contributed by atoms with Crippen molar-refractivity contribution in [1.29, 1.82) is 0 Å². The van der Waals surface area contributed by atoms with Crippen LogP contribution in [0.3, 0.4) is 0 Å². The van der Waals surface area contributed by atoms with Crippen molar-refractivity contribution < 1.29 is 3.82 Å². The molecule has 1 atom stereocenters. The van der Waals surface area contributed by atoms with Gasteiger partial charge in [-0.1, -0.05) is 0 Å². The summed E-state index contributed by atoms with van der Waals surface area (Å²) in [6.45, 7) is 4.19. The molecule has 1 nitrogen and oxygen atoms in total. The topological polar surface area (TPSA) is 9.23 Å². The molecule has 0 aliphatic carbocycles. The van der Waals surface area contributed by atoms with Gasteiger partial charge in [-0.25, -0.2) is 0 Å². The van der Waals surface area contributed by atoms with Crippen LogP contribution in [0.15, 0.2) is 54.6 Å². The second-order valence-corrected chi connectivity index (χ2v) is 11.4. The Morgan fingerprint density at radius 1 is 0.944 bits per heavy atom. The number of benzene rings is 2. The molecule has 3 heteroatoms. The van der Waals surface area contributed by atoms with Crippen LogP contribution < -0.4 is 8.92 Å². The first kappa shape index (κ1) is 12.3. The Labute approximate surface area is 115 Å². The first-order chi connectivity index (χ1) is 8.54. The van der Waals surface area contributed by atoms with Crippen LogP contribution in [0.5, 0.6) is 0 Å². The predicted molar refractivity (Wildman–Crippen MR) is 77.9 cm³/mol. The zero-order valence-corrected chi connectivity index (χ0v) is 12.9.